The van der Waals surface area contributed by atoms with E-state index in [1.165, 1.54) is 0 Å². The Hall–Kier alpha value is -2.69. The predicted molar refractivity (Wildman–Crippen MR) is 92.7 cm³/mol. The molecule has 0 heterocycles. The van der Waals surface area contributed by atoms with E-state index in [1.54, 1.807) is 0 Å². The van der Waals surface area contributed by atoms with Crippen molar-refractivity contribution in [1.82, 2.24) is 10.6 Å². The van der Waals surface area contributed by atoms with Gasteiger partial charge in [-0.3, -0.25) is 19.2 Å². The van der Waals surface area contributed by atoms with Gasteiger partial charge in [0.25, 0.3) is 0 Å². The zero-order valence-corrected chi connectivity index (χ0v) is 15.3. The molecule has 11 nitrogen and oxygen atoms in total. The van der Waals surface area contributed by atoms with Gasteiger partial charge in [-0.25, -0.2) is 4.79 Å². The Morgan fingerprint density at radius 2 is 1.26 bits per heavy atom. The maximum atomic E-state index is 12.3. The molecule has 7 N–H and O–H groups in total. The van der Waals surface area contributed by atoms with Gasteiger partial charge >= 0.3 is 17.9 Å². The standard InChI is InChI=1S/C16H27N3O8/c1-8(2)7-9(17)14(24)18-10(3-5-12(20)21)15(25)19-11(16(26)27)4-6-13(22)23/h8-11H,3-7,17H2,1-2H3,(H,18,24)(H,19,25)(H,20,21)(H,22,23)(H,26,27)/t9-,10-,11-/m0/s1. The number of hydrogen-bond donors (Lipinski definition) is 6. The highest BCUT2D eigenvalue weighted by Gasteiger charge is 2.28. The minimum atomic E-state index is -1.48. The molecule has 0 spiro atoms. The normalized spacial score (nSPS) is 14.1. The molecule has 0 rings (SSSR count). The van der Waals surface area contributed by atoms with E-state index >= 15 is 0 Å². The van der Waals surface area contributed by atoms with Gasteiger partial charge in [-0.2, -0.15) is 0 Å². The summed E-state index contributed by atoms with van der Waals surface area (Å²) in [5.41, 5.74) is 5.73. The molecule has 11 heteroatoms. The van der Waals surface area contributed by atoms with Crippen molar-refractivity contribution >= 4 is 29.7 Å². The minimum Gasteiger partial charge on any atom is -0.481 e. The molecule has 0 radical (unpaired) electrons. The molecule has 0 saturated heterocycles. The Morgan fingerprint density at radius 3 is 1.67 bits per heavy atom. The van der Waals surface area contributed by atoms with Gasteiger partial charge in [0.05, 0.1) is 6.04 Å². The van der Waals surface area contributed by atoms with Crippen LogP contribution in [-0.2, 0) is 24.0 Å². The van der Waals surface area contributed by atoms with Crippen LogP contribution in [0.4, 0.5) is 0 Å². The van der Waals surface area contributed by atoms with E-state index in [2.05, 4.69) is 10.6 Å². The van der Waals surface area contributed by atoms with Crippen LogP contribution >= 0.6 is 0 Å². The van der Waals surface area contributed by atoms with Gasteiger partial charge in [0.1, 0.15) is 12.1 Å². The molecule has 3 atom stereocenters. The summed E-state index contributed by atoms with van der Waals surface area (Å²) in [5.74, 6) is -5.33. The molecule has 154 valence electrons. The molecule has 0 aromatic heterocycles. The van der Waals surface area contributed by atoms with Crippen LogP contribution in [0.2, 0.25) is 0 Å². The van der Waals surface area contributed by atoms with Crippen molar-refractivity contribution in [3.8, 4) is 0 Å². The number of carbonyl (C=O) groups is 5. The fourth-order valence-corrected chi connectivity index (χ4v) is 2.23. The van der Waals surface area contributed by atoms with Crippen LogP contribution in [0, 0.1) is 5.92 Å². The first-order chi connectivity index (χ1) is 12.4. The number of carbonyl (C=O) groups excluding carboxylic acids is 2. The highest BCUT2D eigenvalue weighted by Crippen LogP contribution is 2.06. The summed E-state index contributed by atoms with van der Waals surface area (Å²) in [5, 5.41) is 31.0. The van der Waals surface area contributed by atoms with Gasteiger partial charge in [0.15, 0.2) is 0 Å². The number of amides is 2. The van der Waals surface area contributed by atoms with E-state index in [0.29, 0.717) is 6.42 Å². The number of carboxylic acids is 3. The second kappa shape index (κ2) is 11.8. The maximum absolute atomic E-state index is 12.3. The molecule has 0 saturated carbocycles. The van der Waals surface area contributed by atoms with E-state index in [0.717, 1.165) is 0 Å². The van der Waals surface area contributed by atoms with Crippen LogP contribution in [0.15, 0.2) is 0 Å². The van der Waals surface area contributed by atoms with E-state index in [1.807, 2.05) is 13.8 Å². The first-order valence-electron chi connectivity index (χ1n) is 8.46. The Kier molecular flexibility index (Phi) is 10.7. The van der Waals surface area contributed by atoms with Crippen LogP contribution < -0.4 is 16.4 Å². The largest absolute Gasteiger partial charge is 0.481 e. The average molecular weight is 389 g/mol. The number of nitrogens with two attached hydrogens (primary N) is 1. The second-order valence-corrected chi connectivity index (χ2v) is 6.56. The summed E-state index contributed by atoms with van der Waals surface area (Å²) in [6, 6.07) is -3.70. The fourth-order valence-electron chi connectivity index (χ4n) is 2.23. The lowest BCUT2D eigenvalue weighted by Gasteiger charge is -2.23. The summed E-state index contributed by atoms with van der Waals surface area (Å²) in [7, 11) is 0. The number of aliphatic carboxylic acids is 3. The van der Waals surface area contributed by atoms with Crippen LogP contribution in [-0.4, -0.2) is 63.2 Å². The number of rotatable bonds is 13. The van der Waals surface area contributed by atoms with Crippen LogP contribution in [0.5, 0.6) is 0 Å². The summed E-state index contributed by atoms with van der Waals surface area (Å²) in [4.78, 5) is 57.0. The van der Waals surface area contributed by atoms with Gasteiger partial charge < -0.3 is 31.7 Å². The number of nitrogens with one attached hydrogen (secondary N) is 2. The SMILES string of the molecule is CC(C)C[C@H](N)C(=O)N[C@@H](CCC(=O)O)C(=O)N[C@@H](CCC(=O)O)C(=O)O. The monoisotopic (exact) mass is 389 g/mol. The van der Waals surface area contributed by atoms with Crippen molar-refractivity contribution < 1.29 is 39.3 Å². The molecule has 27 heavy (non-hydrogen) atoms. The summed E-state index contributed by atoms with van der Waals surface area (Å²) < 4.78 is 0. The lowest BCUT2D eigenvalue weighted by atomic mass is 10.0. The van der Waals surface area contributed by atoms with Crippen molar-refractivity contribution in [2.75, 3.05) is 0 Å². The molecule has 0 fully saturated rings. The molecular formula is C16H27N3O8. The van der Waals surface area contributed by atoms with Crippen molar-refractivity contribution in [1.29, 1.82) is 0 Å². The second-order valence-electron chi connectivity index (χ2n) is 6.56. The topological polar surface area (TPSA) is 196 Å². The Labute approximate surface area is 156 Å². The van der Waals surface area contributed by atoms with E-state index in [-0.39, 0.29) is 18.8 Å². The molecule has 0 aliphatic rings. The molecule has 0 aliphatic heterocycles. The zero-order valence-electron chi connectivity index (χ0n) is 15.3. The zero-order chi connectivity index (χ0) is 21.1. The van der Waals surface area contributed by atoms with E-state index in [4.69, 9.17) is 21.1 Å². The Morgan fingerprint density at radius 1 is 0.815 bits per heavy atom. The molecule has 0 aliphatic carbocycles. The summed E-state index contributed by atoms with van der Waals surface area (Å²) in [6.07, 6.45) is -1.21. The number of carboxylic acid groups (broad SMARTS) is 3. The third-order valence-corrected chi connectivity index (χ3v) is 3.60. The first-order valence-corrected chi connectivity index (χ1v) is 8.46. The third-order valence-electron chi connectivity index (χ3n) is 3.60. The van der Waals surface area contributed by atoms with Crippen LogP contribution in [0.25, 0.3) is 0 Å². The Bertz CT molecular complexity index is 564. The van der Waals surface area contributed by atoms with E-state index < -0.39 is 60.7 Å². The third kappa shape index (κ3) is 10.8. The van der Waals surface area contributed by atoms with Gasteiger partial charge in [0.2, 0.25) is 11.8 Å². The first kappa shape index (κ1) is 24.3. The van der Waals surface area contributed by atoms with Crippen molar-refractivity contribution in [2.45, 2.75) is 64.1 Å². The highest BCUT2D eigenvalue weighted by molar-refractivity contribution is 5.92. The molecule has 0 bridgehead atoms. The van der Waals surface area contributed by atoms with Crippen LogP contribution in [0.3, 0.4) is 0 Å². The van der Waals surface area contributed by atoms with Crippen molar-refractivity contribution in [2.24, 2.45) is 11.7 Å². The van der Waals surface area contributed by atoms with Crippen molar-refractivity contribution in [3.05, 3.63) is 0 Å². The molecule has 0 unspecified atom stereocenters. The van der Waals surface area contributed by atoms with Gasteiger partial charge in [-0.1, -0.05) is 13.8 Å². The quantitative estimate of drug-likeness (QED) is 0.232. The average Bonchev–Trinajstić information content (AvgIpc) is 2.53. The van der Waals surface area contributed by atoms with Crippen molar-refractivity contribution in [3.63, 3.8) is 0 Å². The fraction of sp³-hybridized carbons (Fsp3) is 0.688. The molecule has 0 aromatic rings. The van der Waals surface area contributed by atoms with Gasteiger partial charge in [0, 0.05) is 12.8 Å². The molecule has 2 amide bonds. The summed E-state index contributed by atoms with van der Waals surface area (Å²) in [6.45, 7) is 3.70. The minimum absolute atomic E-state index is 0.115. The van der Waals surface area contributed by atoms with Gasteiger partial charge in [-0.15, -0.1) is 0 Å². The van der Waals surface area contributed by atoms with E-state index in [9.17, 15) is 24.0 Å². The maximum Gasteiger partial charge on any atom is 0.326 e. The lowest BCUT2D eigenvalue weighted by Crippen LogP contribution is -2.54. The van der Waals surface area contributed by atoms with Gasteiger partial charge in [-0.05, 0) is 25.2 Å². The number of hydrogen-bond acceptors (Lipinski definition) is 6. The summed E-state index contributed by atoms with van der Waals surface area (Å²) >= 11 is 0. The predicted octanol–water partition coefficient (Wildman–Crippen LogP) is -0.856. The Balaban J connectivity index is 5.09. The lowest BCUT2D eigenvalue weighted by molar-refractivity contribution is -0.144. The highest BCUT2D eigenvalue weighted by atomic mass is 16.4. The smallest absolute Gasteiger partial charge is 0.326 e. The van der Waals surface area contributed by atoms with Crippen LogP contribution in [0.1, 0.15) is 46.0 Å². The molecular weight excluding hydrogens is 362 g/mol. The molecule has 0 aromatic carbocycles.